The van der Waals surface area contributed by atoms with Crippen LogP contribution in [0.2, 0.25) is 0 Å². The monoisotopic (exact) mass is 563 g/mol. The maximum atomic E-state index is 12.7. The highest BCUT2D eigenvalue weighted by Gasteiger charge is 2.38. The number of carbonyl (C=O) groups is 3. The van der Waals surface area contributed by atoms with E-state index in [-0.39, 0.29) is 29.3 Å². The SMILES string of the molecule is CN(C)CCNC(=O)Cc1ccc(NC(=O)c2ncc(C#N)[nH]2)c(C2=CCC(C)(C)CC2)n1.O=C(O)C(F)(F)F. The van der Waals surface area contributed by atoms with Crippen molar-refractivity contribution >= 4 is 29.0 Å². The van der Waals surface area contributed by atoms with E-state index in [1.165, 1.54) is 6.20 Å². The van der Waals surface area contributed by atoms with Crippen molar-refractivity contribution in [2.45, 2.75) is 45.7 Å². The Morgan fingerprint density at radius 2 is 1.93 bits per heavy atom. The molecule has 1 aliphatic rings. The van der Waals surface area contributed by atoms with Crippen LogP contribution in [0, 0.1) is 16.7 Å². The number of rotatable bonds is 8. The number of aliphatic carboxylic acids is 1. The Labute approximate surface area is 229 Å². The van der Waals surface area contributed by atoms with Crippen LogP contribution in [-0.4, -0.2) is 76.1 Å². The normalized spacial score (nSPS) is 14.3. The van der Waals surface area contributed by atoms with Crippen LogP contribution in [0.1, 0.15) is 60.8 Å². The lowest BCUT2D eigenvalue weighted by Gasteiger charge is -2.29. The summed E-state index contributed by atoms with van der Waals surface area (Å²) in [4.78, 5) is 47.3. The van der Waals surface area contributed by atoms with E-state index in [2.05, 4.69) is 40.5 Å². The van der Waals surface area contributed by atoms with Crippen molar-refractivity contribution in [2.75, 3.05) is 32.5 Å². The summed E-state index contributed by atoms with van der Waals surface area (Å²) >= 11 is 0. The van der Waals surface area contributed by atoms with Gasteiger partial charge in [0, 0.05) is 13.1 Å². The lowest BCUT2D eigenvalue weighted by Crippen LogP contribution is -2.32. The number of hydrogen-bond acceptors (Lipinski definition) is 7. The first-order valence-corrected chi connectivity index (χ1v) is 12.3. The van der Waals surface area contributed by atoms with Gasteiger partial charge in [-0.05, 0) is 56.5 Å². The molecular weight excluding hydrogens is 531 g/mol. The van der Waals surface area contributed by atoms with Gasteiger partial charge >= 0.3 is 12.1 Å². The second kappa shape index (κ2) is 13.7. The number of likely N-dealkylation sites (N-methyl/N-ethyl adjacent to an activating group) is 1. The second-order valence-corrected chi connectivity index (χ2v) is 10.1. The molecule has 0 atom stereocenters. The topological polar surface area (TPSA) is 164 Å². The van der Waals surface area contributed by atoms with Crippen LogP contribution in [0.5, 0.6) is 0 Å². The number of carboxylic acids is 1. The number of aromatic nitrogens is 3. The predicted octanol–water partition coefficient (Wildman–Crippen LogP) is 3.38. The Kier molecular flexibility index (Phi) is 10.9. The number of imidazole rings is 1. The Balaban J connectivity index is 0.000000708. The van der Waals surface area contributed by atoms with Gasteiger partial charge in [0.05, 0.1) is 29.7 Å². The van der Waals surface area contributed by atoms with Crippen molar-refractivity contribution in [1.82, 2.24) is 25.2 Å². The Hall–Kier alpha value is -4.25. The molecule has 0 fully saturated rings. The maximum absolute atomic E-state index is 12.7. The molecule has 2 aromatic heterocycles. The van der Waals surface area contributed by atoms with Crippen LogP contribution in [0.3, 0.4) is 0 Å². The van der Waals surface area contributed by atoms with E-state index >= 15 is 0 Å². The molecular formula is C26H32F3N7O4. The van der Waals surface area contributed by atoms with E-state index in [4.69, 9.17) is 20.1 Å². The number of halogens is 3. The maximum Gasteiger partial charge on any atom is 0.490 e. The summed E-state index contributed by atoms with van der Waals surface area (Å²) in [6.45, 7) is 5.79. The molecule has 2 amide bonds. The zero-order valence-electron chi connectivity index (χ0n) is 22.6. The smallest absolute Gasteiger partial charge is 0.475 e. The first-order chi connectivity index (χ1) is 18.6. The molecule has 0 radical (unpaired) electrons. The molecule has 2 aromatic rings. The number of carbonyl (C=O) groups excluding carboxylic acids is 2. The van der Waals surface area contributed by atoms with Crippen LogP contribution in [0.25, 0.3) is 5.57 Å². The molecule has 0 spiro atoms. The van der Waals surface area contributed by atoms with E-state index in [9.17, 15) is 22.8 Å². The fourth-order valence-corrected chi connectivity index (χ4v) is 3.56. The molecule has 0 bridgehead atoms. The van der Waals surface area contributed by atoms with Crippen LogP contribution < -0.4 is 10.6 Å². The summed E-state index contributed by atoms with van der Waals surface area (Å²) in [7, 11) is 3.91. The second-order valence-electron chi connectivity index (χ2n) is 10.1. The van der Waals surface area contributed by atoms with Gasteiger partial charge < -0.3 is 25.6 Å². The van der Waals surface area contributed by atoms with Gasteiger partial charge in [0.1, 0.15) is 11.8 Å². The number of alkyl halides is 3. The number of nitrogens with one attached hydrogen (secondary N) is 3. The van der Waals surface area contributed by atoms with Gasteiger partial charge in [-0.25, -0.2) is 9.78 Å². The quantitative estimate of drug-likeness (QED) is 0.380. The molecule has 0 aliphatic heterocycles. The standard InChI is InChI=1S/C24H31N7O2.C2HF3O2/c1-24(2)9-7-16(8-10-24)21-19(30-23(33)22-27-15-18(14-25)29-22)6-5-17(28-21)13-20(32)26-11-12-31(3)4;3-2(4,5)1(6)7/h5-7,15H,8-13H2,1-4H3,(H,26,32)(H,27,29)(H,30,33);(H,6,7). The van der Waals surface area contributed by atoms with Gasteiger partial charge in [-0.3, -0.25) is 14.6 Å². The summed E-state index contributed by atoms with van der Waals surface area (Å²) in [6.07, 6.45) is 1.32. The zero-order chi connectivity index (χ0) is 30.1. The summed E-state index contributed by atoms with van der Waals surface area (Å²) < 4.78 is 31.7. The number of H-pyrrole nitrogens is 1. The predicted molar refractivity (Wildman–Crippen MR) is 140 cm³/mol. The van der Waals surface area contributed by atoms with Crippen LogP contribution in [0.15, 0.2) is 24.4 Å². The van der Waals surface area contributed by atoms with Gasteiger partial charge in [0.25, 0.3) is 5.91 Å². The Morgan fingerprint density at radius 3 is 2.45 bits per heavy atom. The minimum Gasteiger partial charge on any atom is -0.475 e. The average molecular weight is 564 g/mol. The fourth-order valence-electron chi connectivity index (χ4n) is 3.56. The van der Waals surface area contributed by atoms with E-state index in [0.717, 1.165) is 31.4 Å². The highest BCUT2D eigenvalue weighted by molar-refractivity contribution is 6.03. The zero-order valence-corrected chi connectivity index (χ0v) is 22.6. The van der Waals surface area contributed by atoms with Crippen LogP contribution in [-0.2, 0) is 16.0 Å². The molecule has 3 rings (SSSR count). The van der Waals surface area contributed by atoms with Crippen molar-refractivity contribution in [3.05, 3.63) is 47.3 Å². The third-order valence-corrected chi connectivity index (χ3v) is 5.85. The lowest BCUT2D eigenvalue weighted by molar-refractivity contribution is -0.192. The Bertz CT molecular complexity index is 1290. The summed E-state index contributed by atoms with van der Waals surface area (Å²) in [6, 6.07) is 5.45. The van der Waals surface area contributed by atoms with Crippen molar-refractivity contribution in [2.24, 2.45) is 5.41 Å². The molecule has 4 N–H and O–H groups in total. The number of aromatic amines is 1. The molecule has 0 saturated heterocycles. The average Bonchev–Trinajstić information content (AvgIpc) is 3.34. The molecule has 40 heavy (non-hydrogen) atoms. The molecule has 2 heterocycles. The van der Waals surface area contributed by atoms with Crippen LogP contribution in [0.4, 0.5) is 18.9 Å². The number of amides is 2. The lowest BCUT2D eigenvalue weighted by atomic mass is 9.77. The number of nitriles is 1. The van der Waals surface area contributed by atoms with Gasteiger partial charge in [-0.2, -0.15) is 18.4 Å². The van der Waals surface area contributed by atoms with Crippen molar-refractivity contribution in [3.63, 3.8) is 0 Å². The molecule has 11 nitrogen and oxygen atoms in total. The highest BCUT2D eigenvalue weighted by atomic mass is 19.4. The van der Waals surface area contributed by atoms with Crippen molar-refractivity contribution in [3.8, 4) is 6.07 Å². The fraction of sp³-hybridized carbons (Fsp3) is 0.462. The first kappa shape index (κ1) is 32.0. The Morgan fingerprint density at radius 1 is 1.25 bits per heavy atom. The minimum absolute atomic E-state index is 0.0561. The third-order valence-electron chi connectivity index (χ3n) is 5.85. The van der Waals surface area contributed by atoms with E-state index in [1.807, 2.05) is 25.1 Å². The van der Waals surface area contributed by atoms with E-state index in [1.54, 1.807) is 12.1 Å². The largest absolute Gasteiger partial charge is 0.490 e. The minimum atomic E-state index is -5.08. The number of nitrogens with zero attached hydrogens (tertiary/aromatic N) is 4. The number of carboxylic acid groups (broad SMARTS) is 1. The highest BCUT2D eigenvalue weighted by Crippen LogP contribution is 2.39. The van der Waals surface area contributed by atoms with Gasteiger partial charge in [0.2, 0.25) is 5.91 Å². The van der Waals surface area contributed by atoms with Crippen molar-refractivity contribution in [1.29, 1.82) is 5.26 Å². The summed E-state index contributed by atoms with van der Waals surface area (Å²) in [5.41, 5.74) is 3.35. The molecule has 14 heteroatoms. The summed E-state index contributed by atoms with van der Waals surface area (Å²) in [5.74, 6) is -3.25. The van der Waals surface area contributed by atoms with Crippen LogP contribution >= 0.6 is 0 Å². The molecule has 0 saturated carbocycles. The molecule has 0 unspecified atom stereocenters. The van der Waals surface area contributed by atoms with E-state index in [0.29, 0.717) is 23.6 Å². The van der Waals surface area contributed by atoms with Gasteiger partial charge in [0.15, 0.2) is 5.82 Å². The summed E-state index contributed by atoms with van der Waals surface area (Å²) in [5, 5.41) is 21.8. The number of hydrogen-bond donors (Lipinski definition) is 4. The molecule has 0 aromatic carbocycles. The molecule has 216 valence electrons. The first-order valence-electron chi connectivity index (χ1n) is 12.3. The molecule has 1 aliphatic carbocycles. The number of pyridine rings is 1. The van der Waals surface area contributed by atoms with Gasteiger partial charge in [-0.1, -0.05) is 19.9 Å². The number of anilines is 1. The van der Waals surface area contributed by atoms with Crippen molar-refractivity contribution < 1.29 is 32.7 Å². The van der Waals surface area contributed by atoms with Gasteiger partial charge in [-0.15, -0.1) is 0 Å². The number of allylic oxidation sites excluding steroid dienone is 2. The van der Waals surface area contributed by atoms with E-state index < -0.39 is 18.1 Å². The third kappa shape index (κ3) is 10.1.